The van der Waals surface area contributed by atoms with Crippen molar-refractivity contribution in [1.82, 2.24) is 9.80 Å². The molecule has 1 heterocycles. The standard InChI is InChI=1S/C17H30N2.C2H2O4/c1-12(2)18-3-5-19(6-4-18)17-15-8-13-7-14(10-15)11-16(17)9-13;3-1(4)2(5)6/h12-17H,3-11H2,1-2H3;(H,3,4)(H,5,6). The smallest absolute Gasteiger partial charge is 0.414 e. The molecule has 0 aromatic heterocycles. The van der Waals surface area contributed by atoms with Crippen LogP contribution in [-0.4, -0.2) is 70.2 Å². The number of hydrogen-bond acceptors (Lipinski definition) is 4. The topological polar surface area (TPSA) is 81.1 Å². The molecule has 4 aliphatic carbocycles. The fourth-order valence-electron chi connectivity index (χ4n) is 6.04. The molecule has 0 radical (unpaired) electrons. The highest BCUT2D eigenvalue weighted by Gasteiger charge is 2.50. The lowest BCUT2D eigenvalue weighted by Gasteiger charge is -2.58. The minimum Gasteiger partial charge on any atom is -0.473 e. The van der Waals surface area contributed by atoms with Gasteiger partial charge in [-0.3, -0.25) is 9.80 Å². The van der Waals surface area contributed by atoms with Gasteiger partial charge in [-0.25, -0.2) is 9.59 Å². The van der Waals surface area contributed by atoms with Crippen LogP contribution in [0.3, 0.4) is 0 Å². The van der Waals surface area contributed by atoms with Gasteiger partial charge in [0.25, 0.3) is 0 Å². The molecule has 25 heavy (non-hydrogen) atoms. The van der Waals surface area contributed by atoms with Gasteiger partial charge in [0.15, 0.2) is 0 Å². The van der Waals surface area contributed by atoms with E-state index in [0.717, 1.165) is 35.8 Å². The summed E-state index contributed by atoms with van der Waals surface area (Å²) in [6.07, 6.45) is 7.87. The molecule has 0 atom stereocenters. The van der Waals surface area contributed by atoms with E-state index in [0.29, 0.717) is 0 Å². The molecule has 6 heteroatoms. The molecule has 5 aliphatic rings. The Morgan fingerprint density at radius 1 is 0.800 bits per heavy atom. The second-order valence-electron chi connectivity index (χ2n) is 8.70. The van der Waals surface area contributed by atoms with Crippen LogP contribution >= 0.6 is 0 Å². The van der Waals surface area contributed by atoms with Crippen LogP contribution in [0.25, 0.3) is 0 Å². The highest BCUT2D eigenvalue weighted by atomic mass is 16.4. The van der Waals surface area contributed by atoms with Gasteiger partial charge in [-0.2, -0.15) is 0 Å². The van der Waals surface area contributed by atoms with Crippen molar-refractivity contribution in [2.24, 2.45) is 23.7 Å². The molecule has 5 fully saturated rings. The Morgan fingerprint density at radius 2 is 1.24 bits per heavy atom. The second-order valence-corrected chi connectivity index (χ2v) is 8.70. The lowest BCUT2D eigenvalue weighted by atomic mass is 9.54. The number of carbonyl (C=O) groups is 2. The van der Waals surface area contributed by atoms with Crippen LogP contribution in [0.1, 0.15) is 46.0 Å². The van der Waals surface area contributed by atoms with E-state index in [1.807, 2.05) is 0 Å². The number of carboxylic acid groups (broad SMARTS) is 2. The Balaban J connectivity index is 0.000000265. The molecule has 1 aliphatic heterocycles. The molecule has 4 bridgehead atoms. The van der Waals surface area contributed by atoms with Crippen LogP contribution in [0.15, 0.2) is 0 Å². The number of carboxylic acids is 2. The van der Waals surface area contributed by atoms with Gasteiger partial charge in [-0.15, -0.1) is 0 Å². The maximum atomic E-state index is 9.10. The monoisotopic (exact) mass is 352 g/mol. The van der Waals surface area contributed by atoms with Crippen molar-refractivity contribution in [3.63, 3.8) is 0 Å². The first kappa shape index (κ1) is 18.6. The quantitative estimate of drug-likeness (QED) is 0.740. The van der Waals surface area contributed by atoms with Gasteiger partial charge < -0.3 is 10.2 Å². The summed E-state index contributed by atoms with van der Waals surface area (Å²) in [5, 5.41) is 14.8. The summed E-state index contributed by atoms with van der Waals surface area (Å²) < 4.78 is 0. The average Bonchev–Trinajstić information content (AvgIpc) is 2.54. The normalized spacial score (nSPS) is 37.6. The maximum absolute atomic E-state index is 9.10. The van der Waals surface area contributed by atoms with E-state index in [4.69, 9.17) is 19.8 Å². The van der Waals surface area contributed by atoms with Crippen LogP contribution in [-0.2, 0) is 9.59 Å². The van der Waals surface area contributed by atoms with Crippen molar-refractivity contribution in [2.45, 2.75) is 58.0 Å². The zero-order chi connectivity index (χ0) is 18.1. The molecule has 6 nitrogen and oxygen atoms in total. The lowest BCUT2D eigenvalue weighted by molar-refractivity contribution is -0.159. The minimum absolute atomic E-state index is 0.737. The first-order chi connectivity index (χ1) is 11.8. The average molecular weight is 352 g/mol. The van der Waals surface area contributed by atoms with Gasteiger partial charge in [-0.1, -0.05) is 0 Å². The number of nitrogens with zero attached hydrogens (tertiary/aromatic N) is 2. The summed E-state index contributed by atoms with van der Waals surface area (Å²) in [7, 11) is 0. The highest BCUT2D eigenvalue weighted by molar-refractivity contribution is 6.27. The molecular weight excluding hydrogens is 320 g/mol. The van der Waals surface area contributed by atoms with E-state index in [-0.39, 0.29) is 0 Å². The zero-order valence-corrected chi connectivity index (χ0v) is 15.4. The summed E-state index contributed by atoms with van der Waals surface area (Å²) >= 11 is 0. The van der Waals surface area contributed by atoms with E-state index in [9.17, 15) is 0 Å². The second kappa shape index (κ2) is 7.62. The third-order valence-corrected chi connectivity index (χ3v) is 6.86. The third-order valence-electron chi connectivity index (χ3n) is 6.86. The predicted molar refractivity (Wildman–Crippen MR) is 94.4 cm³/mol. The van der Waals surface area contributed by atoms with Crippen molar-refractivity contribution < 1.29 is 19.8 Å². The molecule has 0 unspecified atom stereocenters. The van der Waals surface area contributed by atoms with Crippen LogP contribution in [0.2, 0.25) is 0 Å². The van der Waals surface area contributed by atoms with Gasteiger partial charge in [0.1, 0.15) is 0 Å². The molecule has 142 valence electrons. The van der Waals surface area contributed by atoms with E-state index < -0.39 is 11.9 Å². The zero-order valence-electron chi connectivity index (χ0n) is 15.4. The number of rotatable bonds is 2. The van der Waals surface area contributed by atoms with Gasteiger partial charge in [0.2, 0.25) is 0 Å². The van der Waals surface area contributed by atoms with Crippen LogP contribution < -0.4 is 0 Å². The molecule has 0 spiro atoms. The highest BCUT2D eigenvalue weighted by Crippen LogP contribution is 2.55. The van der Waals surface area contributed by atoms with Crippen molar-refractivity contribution in [1.29, 1.82) is 0 Å². The fourth-order valence-corrected chi connectivity index (χ4v) is 6.04. The minimum atomic E-state index is -1.82. The largest absolute Gasteiger partial charge is 0.473 e. The van der Waals surface area contributed by atoms with Crippen molar-refractivity contribution in [2.75, 3.05) is 26.2 Å². The van der Waals surface area contributed by atoms with Crippen LogP contribution in [0.5, 0.6) is 0 Å². The molecular formula is C19H32N2O4. The van der Waals surface area contributed by atoms with E-state index in [2.05, 4.69) is 23.6 Å². The number of hydrogen-bond donors (Lipinski definition) is 2. The third kappa shape index (κ3) is 4.17. The van der Waals surface area contributed by atoms with E-state index >= 15 is 0 Å². The van der Waals surface area contributed by atoms with E-state index in [1.165, 1.54) is 26.2 Å². The van der Waals surface area contributed by atoms with Gasteiger partial charge in [0.05, 0.1) is 0 Å². The number of piperazine rings is 1. The summed E-state index contributed by atoms with van der Waals surface area (Å²) in [5.74, 6) is 0.736. The maximum Gasteiger partial charge on any atom is 0.414 e. The Labute approximate surface area is 150 Å². The van der Waals surface area contributed by atoms with Crippen molar-refractivity contribution >= 4 is 11.9 Å². The molecule has 5 rings (SSSR count). The van der Waals surface area contributed by atoms with Crippen LogP contribution in [0, 0.1) is 23.7 Å². The Hall–Kier alpha value is -1.14. The fraction of sp³-hybridized carbons (Fsp3) is 0.895. The Kier molecular flexibility index (Phi) is 5.68. The lowest BCUT2D eigenvalue weighted by Crippen LogP contribution is -2.60. The SMILES string of the molecule is CC(C)N1CCN(C2C3CC4CC(C3)CC2C4)CC1.O=C(O)C(=O)O. The van der Waals surface area contributed by atoms with Crippen molar-refractivity contribution in [3.8, 4) is 0 Å². The van der Waals surface area contributed by atoms with Crippen LogP contribution in [0.4, 0.5) is 0 Å². The Morgan fingerprint density at radius 3 is 1.60 bits per heavy atom. The number of aliphatic carboxylic acids is 2. The summed E-state index contributed by atoms with van der Waals surface area (Å²) in [6, 6.07) is 1.71. The molecule has 0 aromatic rings. The molecule has 4 saturated carbocycles. The Bertz CT molecular complexity index is 460. The molecule has 0 aromatic carbocycles. The summed E-state index contributed by atoms with van der Waals surface area (Å²) in [6.45, 7) is 9.98. The summed E-state index contributed by atoms with van der Waals surface area (Å²) in [4.78, 5) is 23.8. The molecule has 0 amide bonds. The molecule has 1 saturated heterocycles. The van der Waals surface area contributed by atoms with Gasteiger partial charge >= 0.3 is 11.9 Å². The van der Waals surface area contributed by atoms with Gasteiger partial charge in [-0.05, 0) is 69.6 Å². The summed E-state index contributed by atoms with van der Waals surface area (Å²) in [5.41, 5.74) is 0. The first-order valence-electron chi connectivity index (χ1n) is 9.79. The molecule has 2 N–H and O–H groups in total. The van der Waals surface area contributed by atoms with Gasteiger partial charge in [0, 0.05) is 38.3 Å². The first-order valence-corrected chi connectivity index (χ1v) is 9.79. The van der Waals surface area contributed by atoms with E-state index in [1.54, 1.807) is 32.1 Å². The van der Waals surface area contributed by atoms with Crippen molar-refractivity contribution in [3.05, 3.63) is 0 Å². The predicted octanol–water partition coefficient (Wildman–Crippen LogP) is 1.99.